The summed E-state index contributed by atoms with van der Waals surface area (Å²) in [5.74, 6) is -3.90. The zero-order valence-electron chi connectivity index (χ0n) is 50.0. The van der Waals surface area contributed by atoms with Gasteiger partial charge in [-0.2, -0.15) is 0 Å². The Morgan fingerprint density at radius 3 is 1.92 bits per heavy atom. The van der Waals surface area contributed by atoms with Crippen LogP contribution in [-0.4, -0.2) is 206 Å². The number of aromatic nitrogens is 1. The molecule has 3 fully saturated rings. The number of hydrogen-bond donors (Lipinski definition) is 4. The molecule has 22 nitrogen and oxygen atoms in total. The average molecular weight is 1280 g/mol. The van der Waals surface area contributed by atoms with Crippen molar-refractivity contribution in [2.24, 2.45) is 10.9 Å². The predicted molar refractivity (Wildman–Crippen MR) is 327 cm³/mol. The number of amides is 6. The average Bonchev–Trinajstić information content (AvgIpc) is 2.71. The number of nitrogens with two attached hydrogens (primary N) is 1. The smallest absolute Gasteiger partial charge is 0.257 e. The Morgan fingerprint density at radius 2 is 1.30 bits per heavy atom. The lowest BCUT2D eigenvalue weighted by Gasteiger charge is -2.38. The van der Waals surface area contributed by atoms with E-state index < -0.39 is 53.2 Å². The van der Waals surface area contributed by atoms with E-state index in [4.69, 9.17) is 46.0 Å². The molecule has 3 aromatic carbocycles. The molecular formula is C62H76ClF3N10O12S. The minimum absolute atomic E-state index is 0.0496. The van der Waals surface area contributed by atoms with Crippen LogP contribution in [0.3, 0.4) is 0 Å². The number of pyridine rings is 1. The number of piperidine rings is 1. The van der Waals surface area contributed by atoms with Crippen LogP contribution in [-0.2, 0) is 38.1 Å². The van der Waals surface area contributed by atoms with Gasteiger partial charge in [0.1, 0.15) is 29.8 Å². The summed E-state index contributed by atoms with van der Waals surface area (Å²) in [5, 5.41) is 9.11. The largest absolute Gasteiger partial charge is 0.482 e. The second kappa shape index (κ2) is 33.0. The topological polar surface area (TPSA) is 266 Å². The van der Waals surface area contributed by atoms with Crippen molar-refractivity contribution in [3.63, 3.8) is 0 Å². The first-order valence-electron chi connectivity index (χ1n) is 29.8. The highest BCUT2D eigenvalue weighted by Gasteiger charge is 2.43. The summed E-state index contributed by atoms with van der Waals surface area (Å²) >= 11 is 7.29. The van der Waals surface area contributed by atoms with Gasteiger partial charge in [0.05, 0.1) is 99.0 Å². The van der Waals surface area contributed by atoms with E-state index in [0.29, 0.717) is 119 Å². The van der Waals surface area contributed by atoms with Gasteiger partial charge in [-0.15, -0.1) is 11.8 Å². The Balaban J connectivity index is 0.641. The number of likely N-dealkylation sites (N-methyl/N-ethyl adjacent to an activating group) is 1. The number of nitrogen functional groups attached to an aromatic ring is 1. The van der Waals surface area contributed by atoms with Crippen molar-refractivity contribution >= 4 is 81.1 Å². The number of rotatable bonds is 29. The van der Waals surface area contributed by atoms with Crippen molar-refractivity contribution < 1.29 is 70.4 Å². The zero-order valence-corrected chi connectivity index (χ0v) is 51.6. The fraction of sp³-hybridized carbons (Fsp3) is 0.500. The lowest BCUT2D eigenvalue weighted by Crippen LogP contribution is -2.58. The van der Waals surface area contributed by atoms with Gasteiger partial charge in [-0.3, -0.25) is 38.6 Å². The summed E-state index contributed by atoms with van der Waals surface area (Å²) in [6.45, 7) is 8.10. The van der Waals surface area contributed by atoms with E-state index >= 15 is 0 Å². The molecule has 3 saturated heterocycles. The maximum absolute atomic E-state index is 14.6. The molecule has 4 aromatic rings. The summed E-state index contributed by atoms with van der Waals surface area (Å²) in [6.07, 6.45) is 2.87. The maximum atomic E-state index is 14.6. The molecule has 1 unspecified atom stereocenters. The number of nitrogens with zero attached hydrogens (tertiary/aromatic N) is 6. The second-order valence-electron chi connectivity index (χ2n) is 21.8. The molecule has 27 heteroatoms. The van der Waals surface area contributed by atoms with E-state index in [9.17, 15) is 46.7 Å². The Bertz CT molecular complexity index is 3160. The molecule has 0 aliphatic carbocycles. The third-order valence-electron chi connectivity index (χ3n) is 16.0. The van der Waals surface area contributed by atoms with Crippen molar-refractivity contribution in [2.75, 3.05) is 123 Å². The number of benzene rings is 3. The van der Waals surface area contributed by atoms with Crippen molar-refractivity contribution in [1.82, 2.24) is 35.2 Å². The number of ketones is 1. The molecule has 0 spiro atoms. The van der Waals surface area contributed by atoms with Gasteiger partial charge in [0.2, 0.25) is 23.6 Å². The monoisotopic (exact) mass is 1280 g/mol. The van der Waals surface area contributed by atoms with Gasteiger partial charge in [0, 0.05) is 74.6 Å². The van der Waals surface area contributed by atoms with E-state index in [1.807, 2.05) is 0 Å². The maximum Gasteiger partial charge on any atom is 0.257 e. The van der Waals surface area contributed by atoms with Gasteiger partial charge in [0.25, 0.3) is 11.8 Å². The molecule has 0 bridgehead atoms. The van der Waals surface area contributed by atoms with Crippen LogP contribution in [0.4, 0.5) is 24.7 Å². The van der Waals surface area contributed by atoms with Crippen LogP contribution in [0.2, 0.25) is 5.02 Å². The third kappa shape index (κ3) is 18.5. The fourth-order valence-corrected chi connectivity index (χ4v) is 12.1. The zero-order chi connectivity index (χ0) is 63.6. The van der Waals surface area contributed by atoms with E-state index in [1.165, 1.54) is 55.2 Å². The summed E-state index contributed by atoms with van der Waals surface area (Å²) in [5.41, 5.74) is 6.74. The minimum atomic E-state index is -1.17. The van der Waals surface area contributed by atoms with Crippen molar-refractivity contribution in [3.8, 4) is 5.75 Å². The second-order valence-corrected chi connectivity index (χ2v) is 23.3. The molecular weight excluding hydrogens is 1200 g/mol. The Morgan fingerprint density at radius 1 is 0.719 bits per heavy atom. The number of carbonyl (C=O) groups is 7. The van der Waals surface area contributed by atoms with Crippen LogP contribution in [0.1, 0.15) is 95.1 Å². The number of halogens is 4. The Hall–Kier alpha value is -7.20. The standard InChI is InChI=1S/C62H76ClF3N10O12S/c1-38(68-3)58(80)72-55(62(83)76-20-4-5-49(76)60-71-48(37-89-60)56(79)41-6-10-44(64)11-7-41)40-16-21-73(22-17-40)51(77)18-27-84-29-31-86-33-34-87-32-30-85-28-19-52(78)74-23-25-75(26-24-74)61(82)42-8-12-45(13-9-42)70-59(81)43-35-50(57(67)69-36-43)88-39(2)53-47(65)15-14-46(63)54(53)66/h6-15,35-36,38-40,48-49,55,68H,4-5,16-34,37H2,1-3H3,(H2,67,69)(H,70,81)(H,72,80)/t38-,39-,48?,49-,55-/m1/s1. The Labute approximate surface area is 524 Å². The molecule has 1 aromatic heterocycles. The lowest BCUT2D eigenvalue weighted by atomic mass is 9.88. The van der Waals surface area contributed by atoms with Gasteiger partial charge in [-0.1, -0.05) is 11.6 Å². The highest BCUT2D eigenvalue weighted by atomic mass is 35.5. The SMILES string of the molecule is CN[C@H](C)C(=O)N[C@@H](C(=O)N1CCC[C@@H]1C1=NC(C(=O)c2ccc(F)cc2)CS1)C1CCN(C(=O)CCOCCOCCOCCOCCC(=O)N2CCN(C(=O)c3ccc(NC(=O)c4cnc(N)c(O[C@H](C)c5c(F)ccc(Cl)c5F)c4)cc3)CC2)CC1. The van der Waals surface area contributed by atoms with Gasteiger partial charge in [0.15, 0.2) is 23.2 Å². The number of piperazine rings is 1. The molecule has 8 rings (SSSR count). The molecule has 5 heterocycles. The number of Topliss-reactive ketones (excluding diaryl/α,β-unsaturated/α-hetero) is 1. The molecule has 89 heavy (non-hydrogen) atoms. The van der Waals surface area contributed by atoms with Crippen molar-refractivity contribution in [1.29, 1.82) is 0 Å². The van der Waals surface area contributed by atoms with Crippen LogP contribution < -0.4 is 26.4 Å². The fourth-order valence-electron chi connectivity index (χ4n) is 10.7. The predicted octanol–water partition coefficient (Wildman–Crippen LogP) is 5.98. The van der Waals surface area contributed by atoms with Gasteiger partial charge < -0.3 is 65.0 Å². The minimum Gasteiger partial charge on any atom is -0.482 e. The van der Waals surface area contributed by atoms with E-state index in [0.717, 1.165) is 18.6 Å². The normalized spacial score (nSPS) is 18.1. The number of ether oxygens (including phenoxy) is 5. The van der Waals surface area contributed by atoms with E-state index in [1.54, 1.807) is 57.8 Å². The highest BCUT2D eigenvalue weighted by molar-refractivity contribution is 8.14. The number of hydrogen-bond acceptors (Lipinski definition) is 17. The number of thioether (sulfide) groups is 1. The molecule has 0 radical (unpaired) electrons. The van der Waals surface area contributed by atoms with Gasteiger partial charge in [-0.25, -0.2) is 18.2 Å². The van der Waals surface area contributed by atoms with Crippen molar-refractivity contribution in [3.05, 3.63) is 118 Å². The molecule has 4 aliphatic heterocycles. The summed E-state index contributed by atoms with van der Waals surface area (Å²) in [4.78, 5) is 109. The molecule has 4 aliphatic rings. The quantitative estimate of drug-likeness (QED) is 0.0277. The summed E-state index contributed by atoms with van der Waals surface area (Å²) in [6, 6.07) is 12.8. The number of aliphatic imine (C=N–C) groups is 1. The van der Waals surface area contributed by atoms with Crippen LogP contribution in [0, 0.1) is 23.4 Å². The van der Waals surface area contributed by atoms with E-state index in [2.05, 4.69) is 20.9 Å². The molecule has 6 amide bonds. The first-order chi connectivity index (χ1) is 42.9. The summed E-state index contributed by atoms with van der Waals surface area (Å²) in [7, 11) is 1.68. The van der Waals surface area contributed by atoms with Crippen LogP contribution in [0.5, 0.6) is 5.75 Å². The van der Waals surface area contributed by atoms with Crippen LogP contribution in [0.15, 0.2) is 77.9 Å². The molecule has 0 saturated carbocycles. The number of nitrogens with one attached hydrogen (secondary N) is 3. The first kappa shape index (κ1) is 67.7. The highest BCUT2D eigenvalue weighted by Crippen LogP contribution is 2.34. The Kier molecular flexibility index (Phi) is 25.1. The van der Waals surface area contributed by atoms with E-state index in [-0.39, 0.29) is 109 Å². The number of likely N-dealkylation sites (tertiary alicyclic amines) is 2. The van der Waals surface area contributed by atoms with Crippen molar-refractivity contribution in [2.45, 2.75) is 82.6 Å². The first-order valence-corrected chi connectivity index (χ1v) is 31.2. The third-order valence-corrected chi connectivity index (χ3v) is 17.4. The molecule has 5 atom stereocenters. The van der Waals surface area contributed by atoms with Crippen LogP contribution in [0.25, 0.3) is 0 Å². The lowest BCUT2D eigenvalue weighted by molar-refractivity contribution is -0.140. The van der Waals surface area contributed by atoms with Crippen LogP contribution >= 0.6 is 23.4 Å². The van der Waals surface area contributed by atoms with Gasteiger partial charge in [-0.05, 0) is 119 Å². The summed E-state index contributed by atoms with van der Waals surface area (Å²) < 4.78 is 70.8. The van der Waals surface area contributed by atoms with Gasteiger partial charge >= 0.3 is 0 Å². The molecule has 480 valence electrons. The molecule has 5 N–H and O–H groups in total. The number of anilines is 2. The number of carbonyl (C=O) groups excluding carboxylic acids is 7.